The molecule has 0 spiro atoms. The smallest absolute Gasteiger partial charge is 0.144 e. The number of nitrogens with one attached hydrogen (secondary N) is 1. The highest BCUT2D eigenvalue weighted by Gasteiger charge is 2.08. The largest absolute Gasteiger partial charge is 0.308 e. The summed E-state index contributed by atoms with van der Waals surface area (Å²) < 4.78 is 0. The summed E-state index contributed by atoms with van der Waals surface area (Å²) in [7, 11) is 0. The first-order valence-electron chi connectivity index (χ1n) is 6.55. The lowest BCUT2D eigenvalue weighted by Crippen LogP contribution is -2.11. The number of benzene rings is 1. The molecule has 2 heterocycles. The van der Waals surface area contributed by atoms with Crippen molar-refractivity contribution in [2.75, 3.05) is 5.43 Å². The van der Waals surface area contributed by atoms with Crippen LogP contribution in [0.25, 0.3) is 11.3 Å². The fourth-order valence-electron chi connectivity index (χ4n) is 2.03. The Morgan fingerprint density at radius 3 is 2.62 bits per heavy atom. The summed E-state index contributed by atoms with van der Waals surface area (Å²) in [6.45, 7) is 1.98. The van der Waals surface area contributed by atoms with Crippen molar-refractivity contribution in [1.29, 1.82) is 0 Å². The molecule has 0 saturated heterocycles. The van der Waals surface area contributed by atoms with Crippen LogP contribution in [0.2, 0.25) is 0 Å². The minimum atomic E-state index is 0.604. The molecule has 3 aromatic rings. The minimum Gasteiger partial charge on any atom is -0.308 e. The molecule has 0 aliphatic heterocycles. The zero-order valence-corrected chi connectivity index (χ0v) is 12.4. The van der Waals surface area contributed by atoms with Gasteiger partial charge in [-0.25, -0.2) is 20.8 Å². The molecule has 3 rings (SSSR count). The van der Waals surface area contributed by atoms with E-state index in [1.165, 1.54) is 0 Å². The first kappa shape index (κ1) is 13.7. The Morgan fingerprint density at radius 1 is 1.14 bits per heavy atom. The number of hydrogen-bond donors (Lipinski definition) is 2. The summed E-state index contributed by atoms with van der Waals surface area (Å²) in [4.78, 5) is 13.5. The van der Waals surface area contributed by atoms with Gasteiger partial charge in [-0.2, -0.15) is 0 Å². The molecule has 0 amide bonds. The number of nitrogen functional groups attached to an aromatic ring is 1. The Hall–Kier alpha value is -2.31. The van der Waals surface area contributed by atoms with Crippen LogP contribution in [0.1, 0.15) is 16.5 Å². The standard InChI is InChI=1S/C15H15N5S/c1-10-9-21-15(17-10)8-13-18-12(7-14(19-13)20-16)11-5-3-2-4-6-11/h2-7,9H,8,16H2,1H3,(H,18,19,20). The highest BCUT2D eigenvalue weighted by Crippen LogP contribution is 2.21. The zero-order valence-electron chi connectivity index (χ0n) is 11.6. The lowest BCUT2D eigenvalue weighted by atomic mass is 10.1. The summed E-state index contributed by atoms with van der Waals surface area (Å²) >= 11 is 1.62. The van der Waals surface area contributed by atoms with E-state index >= 15 is 0 Å². The minimum absolute atomic E-state index is 0.604. The maximum Gasteiger partial charge on any atom is 0.144 e. The third-order valence-electron chi connectivity index (χ3n) is 2.97. The summed E-state index contributed by atoms with van der Waals surface area (Å²) in [5.41, 5.74) is 5.50. The van der Waals surface area contributed by atoms with Crippen LogP contribution in [-0.2, 0) is 6.42 Å². The molecule has 0 aliphatic carbocycles. The second-order valence-electron chi connectivity index (χ2n) is 4.62. The molecule has 5 nitrogen and oxygen atoms in total. The van der Waals surface area contributed by atoms with Crippen LogP contribution in [0.3, 0.4) is 0 Å². The number of aryl methyl sites for hydroxylation is 1. The van der Waals surface area contributed by atoms with E-state index in [4.69, 9.17) is 5.84 Å². The summed E-state index contributed by atoms with van der Waals surface area (Å²) in [6, 6.07) is 11.8. The molecule has 21 heavy (non-hydrogen) atoms. The molecule has 0 aliphatic rings. The van der Waals surface area contributed by atoms with Gasteiger partial charge in [0.05, 0.1) is 12.1 Å². The van der Waals surface area contributed by atoms with E-state index in [2.05, 4.69) is 20.4 Å². The van der Waals surface area contributed by atoms with Crippen molar-refractivity contribution >= 4 is 17.2 Å². The van der Waals surface area contributed by atoms with E-state index in [0.717, 1.165) is 22.0 Å². The van der Waals surface area contributed by atoms with Gasteiger partial charge in [0.15, 0.2) is 0 Å². The van der Waals surface area contributed by atoms with Crippen LogP contribution in [-0.4, -0.2) is 15.0 Å². The predicted molar refractivity (Wildman–Crippen MR) is 84.9 cm³/mol. The first-order chi connectivity index (χ1) is 10.2. The van der Waals surface area contributed by atoms with Gasteiger partial charge in [0, 0.05) is 22.7 Å². The molecule has 2 aromatic heterocycles. The SMILES string of the molecule is Cc1csc(Cc2nc(NN)cc(-c3ccccc3)n2)n1. The third kappa shape index (κ3) is 3.24. The van der Waals surface area contributed by atoms with E-state index in [1.54, 1.807) is 11.3 Å². The Labute approximate surface area is 126 Å². The summed E-state index contributed by atoms with van der Waals surface area (Å²) in [5, 5.41) is 3.03. The second-order valence-corrected chi connectivity index (χ2v) is 5.57. The van der Waals surface area contributed by atoms with Gasteiger partial charge < -0.3 is 5.43 Å². The molecule has 1 aromatic carbocycles. The number of hydrogen-bond acceptors (Lipinski definition) is 6. The van der Waals surface area contributed by atoms with Crippen molar-refractivity contribution in [3.8, 4) is 11.3 Å². The molecule has 0 saturated carbocycles. The fourth-order valence-corrected chi connectivity index (χ4v) is 2.79. The predicted octanol–water partition coefficient (Wildman–Crippen LogP) is 2.78. The fraction of sp³-hybridized carbons (Fsp3) is 0.133. The lowest BCUT2D eigenvalue weighted by Gasteiger charge is -2.07. The van der Waals surface area contributed by atoms with Crippen molar-refractivity contribution in [2.24, 2.45) is 5.84 Å². The average molecular weight is 297 g/mol. The second kappa shape index (κ2) is 5.99. The van der Waals surface area contributed by atoms with E-state index in [9.17, 15) is 0 Å². The van der Waals surface area contributed by atoms with E-state index in [0.29, 0.717) is 18.1 Å². The summed E-state index contributed by atoms with van der Waals surface area (Å²) in [5.74, 6) is 6.82. The highest BCUT2D eigenvalue weighted by atomic mass is 32.1. The van der Waals surface area contributed by atoms with Gasteiger partial charge in [0.2, 0.25) is 0 Å². The Bertz CT molecular complexity index is 739. The van der Waals surface area contributed by atoms with Crippen LogP contribution in [0.4, 0.5) is 5.82 Å². The van der Waals surface area contributed by atoms with Crippen LogP contribution in [0.5, 0.6) is 0 Å². The quantitative estimate of drug-likeness (QED) is 0.572. The van der Waals surface area contributed by atoms with E-state index in [-0.39, 0.29) is 0 Å². The van der Waals surface area contributed by atoms with Gasteiger partial charge in [-0.15, -0.1) is 11.3 Å². The molecule has 0 unspecified atom stereocenters. The normalized spacial score (nSPS) is 10.6. The Kier molecular flexibility index (Phi) is 3.89. The number of thiazole rings is 1. The third-order valence-corrected chi connectivity index (χ3v) is 3.93. The van der Waals surface area contributed by atoms with E-state index < -0.39 is 0 Å². The topological polar surface area (TPSA) is 76.7 Å². The van der Waals surface area contributed by atoms with Crippen LogP contribution < -0.4 is 11.3 Å². The number of rotatable bonds is 4. The van der Waals surface area contributed by atoms with Gasteiger partial charge in [0.25, 0.3) is 0 Å². The van der Waals surface area contributed by atoms with Crippen molar-refractivity contribution in [3.63, 3.8) is 0 Å². The van der Waals surface area contributed by atoms with Gasteiger partial charge in [-0.1, -0.05) is 30.3 Å². The number of aromatic nitrogens is 3. The number of nitrogens with zero attached hydrogens (tertiary/aromatic N) is 3. The molecular weight excluding hydrogens is 282 g/mol. The zero-order chi connectivity index (χ0) is 14.7. The molecule has 6 heteroatoms. The van der Waals surface area contributed by atoms with Crippen LogP contribution in [0, 0.1) is 6.92 Å². The number of hydrazine groups is 1. The number of anilines is 1. The van der Waals surface area contributed by atoms with Crippen molar-refractivity contribution < 1.29 is 0 Å². The number of nitrogens with two attached hydrogens (primary N) is 1. The Balaban J connectivity index is 1.97. The molecular formula is C15H15N5S. The van der Waals surface area contributed by atoms with Crippen molar-refractivity contribution in [2.45, 2.75) is 13.3 Å². The van der Waals surface area contributed by atoms with Gasteiger partial charge in [-0.05, 0) is 6.92 Å². The van der Waals surface area contributed by atoms with E-state index in [1.807, 2.05) is 48.7 Å². The maximum atomic E-state index is 5.51. The van der Waals surface area contributed by atoms with Crippen LogP contribution >= 0.6 is 11.3 Å². The lowest BCUT2D eigenvalue weighted by molar-refractivity contribution is 0.953. The van der Waals surface area contributed by atoms with Crippen molar-refractivity contribution in [1.82, 2.24) is 15.0 Å². The molecule has 0 fully saturated rings. The monoisotopic (exact) mass is 297 g/mol. The van der Waals surface area contributed by atoms with Crippen LogP contribution in [0.15, 0.2) is 41.8 Å². The average Bonchev–Trinajstić information content (AvgIpc) is 2.93. The maximum absolute atomic E-state index is 5.51. The summed E-state index contributed by atoms with van der Waals surface area (Å²) in [6.07, 6.45) is 0.605. The van der Waals surface area contributed by atoms with Gasteiger partial charge >= 0.3 is 0 Å². The van der Waals surface area contributed by atoms with Gasteiger partial charge in [-0.3, -0.25) is 0 Å². The molecule has 0 bridgehead atoms. The highest BCUT2D eigenvalue weighted by molar-refractivity contribution is 7.09. The molecule has 106 valence electrons. The first-order valence-corrected chi connectivity index (χ1v) is 7.43. The Morgan fingerprint density at radius 2 is 1.95 bits per heavy atom. The molecule has 3 N–H and O–H groups in total. The molecule has 0 radical (unpaired) electrons. The van der Waals surface area contributed by atoms with Gasteiger partial charge in [0.1, 0.15) is 16.6 Å². The van der Waals surface area contributed by atoms with Crippen molar-refractivity contribution in [3.05, 3.63) is 58.3 Å². The molecule has 0 atom stereocenters.